The van der Waals surface area contributed by atoms with Crippen LogP contribution >= 0.6 is 0 Å². The lowest BCUT2D eigenvalue weighted by molar-refractivity contribution is -0.134. The molecule has 2 bridgehead atoms. The Balaban J connectivity index is 1.50. The standard InChI is InChI=1S/C31H42N6O2/c1-4-30(38)36-19-17-25-11-9-12-26(35(25)18-16-23(2)3)21-34(20-24-10-5-8-15-29(24)36)31(39)22-37-32-27-13-6-7-14-28(27)33-37/h5-8,10,13-15,23,25-26H,4,9,11-12,16-22H2,1-3H3. The van der Waals surface area contributed by atoms with Crippen LogP contribution in [0.5, 0.6) is 0 Å². The van der Waals surface area contributed by atoms with Crippen LogP contribution in [0.2, 0.25) is 0 Å². The summed E-state index contributed by atoms with van der Waals surface area (Å²) < 4.78 is 0. The molecule has 8 heteroatoms. The summed E-state index contributed by atoms with van der Waals surface area (Å²) in [5.74, 6) is 0.751. The first-order chi connectivity index (χ1) is 18.9. The number of aromatic nitrogens is 3. The molecule has 39 heavy (non-hydrogen) atoms. The zero-order chi connectivity index (χ0) is 27.4. The van der Waals surface area contributed by atoms with Gasteiger partial charge < -0.3 is 9.80 Å². The second-order valence-electron chi connectivity index (χ2n) is 11.5. The second kappa shape index (κ2) is 12.3. The molecule has 2 atom stereocenters. The number of rotatable bonds is 6. The molecule has 0 saturated carbocycles. The monoisotopic (exact) mass is 530 g/mol. The molecule has 3 aromatic rings. The van der Waals surface area contributed by atoms with Gasteiger partial charge in [0.1, 0.15) is 17.6 Å². The average molecular weight is 531 g/mol. The highest BCUT2D eigenvalue weighted by Gasteiger charge is 2.34. The first-order valence-electron chi connectivity index (χ1n) is 14.6. The lowest BCUT2D eigenvalue weighted by atomic mass is 9.92. The Kier molecular flexibility index (Phi) is 8.60. The van der Waals surface area contributed by atoms with Crippen LogP contribution in [0.15, 0.2) is 48.5 Å². The highest BCUT2D eigenvalue weighted by atomic mass is 16.2. The molecule has 0 aliphatic carbocycles. The largest absolute Gasteiger partial charge is 0.335 e. The van der Waals surface area contributed by atoms with Crippen molar-refractivity contribution in [2.24, 2.45) is 5.92 Å². The van der Waals surface area contributed by atoms with Crippen LogP contribution in [0.4, 0.5) is 5.69 Å². The molecule has 1 aromatic heterocycles. The Labute approximate surface area is 231 Å². The molecule has 8 nitrogen and oxygen atoms in total. The van der Waals surface area contributed by atoms with E-state index in [1.807, 2.05) is 59.2 Å². The van der Waals surface area contributed by atoms with Gasteiger partial charge in [-0.2, -0.15) is 15.0 Å². The van der Waals surface area contributed by atoms with Gasteiger partial charge in [-0.3, -0.25) is 14.5 Å². The normalized spacial score (nSPS) is 20.6. The average Bonchev–Trinajstić information content (AvgIpc) is 3.34. The fraction of sp³-hybridized carbons (Fsp3) is 0.548. The number of para-hydroxylation sites is 1. The Morgan fingerprint density at radius 1 is 0.923 bits per heavy atom. The van der Waals surface area contributed by atoms with E-state index in [1.54, 1.807) is 0 Å². The molecule has 2 aliphatic heterocycles. The molecular weight excluding hydrogens is 488 g/mol. The van der Waals surface area contributed by atoms with Gasteiger partial charge in [0.2, 0.25) is 11.8 Å². The van der Waals surface area contributed by atoms with Crippen molar-refractivity contribution >= 4 is 28.5 Å². The van der Waals surface area contributed by atoms with Crippen LogP contribution in [0.3, 0.4) is 0 Å². The smallest absolute Gasteiger partial charge is 0.246 e. The van der Waals surface area contributed by atoms with Gasteiger partial charge in [-0.25, -0.2) is 0 Å². The van der Waals surface area contributed by atoms with Crippen LogP contribution in [0.25, 0.3) is 11.0 Å². The number of fused-ring (bicyclic) bond motifs is 4. The lowest BCUT2D eigenvalue weighted by Gasteiger charge is -2.44. The summed E-state index contributed by atoms with van der Waals surface area (Å²) in [6.45, 7) is 9.43. The third-order valence-corrected chi connectivity index (χ3v) is 8.30. The van der Waals surface area contributed by atoms with Crippen LogP contribution in [-0.4, -0.2) is 68.3 Å². The van der Waals surface area contributed by atoms with Crippen molar-refractivity contribution in [3.05, 3.63) is 54.1 Å². The molecule has 2 aliphatic rings. The van der Waals surface area contributed by atoms with E-state index in [-0.39, 0.29) is 18.4 Å². The summed E-state index contributed by atoms with van der Waals surface area (Å²) in [6, 6.07) is 16.5. The molecule has 208 valence electrons. The van der Waals surface area contributed by atoms with Gasteiger partial charge in [0.15, 0.2) is 0 Å². The van der Waals surface area contributed by atoms with Crippen molar-refractivity contribution in [3.8, 4) is 0 Å². The minimum Gasteiger partial charge on any atom is -0.335 e. The number of carbonyl (C=O) groups excluding carboxylic acids is 2. The summed E-state index contributed by atoms with van der Waals surface area (Å²) in [4.78, 5) is 35.3. The summed E-state index contributed by atoms with van der Waals surface area (Å²) >= 11 is 0. The fourth-order valence-electron chi connectivity index (χ4n) is 6.16. The van der Waals surface area contributed by atoms with E-state index in [1.165, 1.54) is 4.80 Å². The topological polar surface area (TPSA) is 74.6 Å². The zero-order valence-corrected chi connectivity index (χ0v) is 23.6. The molecule has 5 rings (SSSR count). The van der Waals surface area contributed by atoms with Crippen LogP contribution in [-0.2, 0) is 22.7 Å². The number of amides is 2. The minimum absolute atomic E-state index is 0.00339. The maximum atomic E-state index is 13.9. The van der Waals surface area contributed by atoms with Crippen LogP contribution in [0, 0.1) is 5.92 Å². The summed E-state index contributed by atoms with van der Waals surface area (Å²) in [7, 11) is 0. The third kappa shape index (κ3) is 6.32. The predicted molar refractivity (Wildman–Crippen MR) is 154 cm³/mol. The molecule has 2 amide bonds. The summed E-state index contributed by atoms with van der Waals surface area (Å²) in [5, 5.41) is 9.10. The quantitative estimate of drug-likeness (QED) is 0.454. The maximum absolute atomic E-state index is 13.9. The Hall–Kier alpha value is -3.26. The van der Waals surface area contributed by atoms with Gasteiger partial charge in [0.05, 0.1) is 0 Å². The maximum Gasteiger partial charge on any atom is 0.246 e. The highest BCUT2D eigenvalue weighted by molar-refractivity contribution is 5.94. The SMILES string of the molecule is CCC(=O)N1CCC2CCCC(CN(C(=O)Cn3nc4ccccc4n3)Cc3ccccc31)N2CCC(C)C. The number of nitrogens with zero attached hydrogens (tertiary/aromatic N) is 6. The van der Waals surface area contributed by atoms with E-state index in [2.05, 4.69) is 35.0 Å². The summed E-state index contributed by atoms with van der Waals surface area (Å²) in [6.07, 6.45) is 5.91. The Morgan fingerprint density at radius 2 is 1.62 bits per heavy atom. The van der Waals surface area contributed by atoms with Gasteiger partial charge in [0.25, 0.3) is 0 Å². The fourth-order valence-corrected chi connectivity index (χ4v) is 6.16. The first-order valence-corrected chi connectivity index (χ1v) is 14.6. The molecule has 0 spiro atoms. The Morgan fingerprint density at radius 3 is 2.33 bits per heavy atom. The summed E-state index contributed by atoms with van der Waals surface area (Å²) in [5.41, 5.74) is 3.51. The van der Waals surface area contributed by atoms with E-state index in [9.17, 15) is 9.59 Å². The molecule has 0 N–H and O–H groups in total. The van der Waals surface area contributed by atoms with E-state index < -0.39 is 0 Å². The molecule has 2 unspecified atom stereocenters. The van der Waals surface area contributed by atoms with Crippen LogP contribution in [0.1, 0.15) is 64.9 Å². The van der Waals surface area contributed by atoms with Gasteiger partial charge in [-0.05, 0) is 61.9 Å². The minimum atomic E-state index is 0.00339. The number of anilines is 1. The van der Waals surface area contributed by atoms with E-state index in [4.69, 9.17) is 0 Å². The van der Waals surface area contributed by atoms with Gasteiger partial charge >= 0.3 is 0 Å². The van der Waals surface area contributed by atoms with Gasteiger partial charge in [0, 0.05) is 43.8 Å². The van der Waals surface area contributed by atoms with Crippen molar-refractivity contribution < 1.29 is 9.59 Å². The van der Waals surface area contributed by atoms with Gasteiger partial charge in [-0.1, -0.05) is 57.5 Å². The van der Waals surface area contributed by atoms with Crippen molar-refractivity contribution in [1.29, 1.82) is 0 Å². The highest BCUT2D eigenvalue weighted by Crippen LogP contribution is 2.31. The van der Waals surface area contributed by atoms with E-state index >= 15 is 0 Å². The predicted octanol–water partition coefficient (Wildman–Crippen LogP) is 4.88. The molecule has 1 fully saturated rings. The Bertz CT molecular complexity index is 1250. The number of carbonyl (C=O) groups is 2. The molecular formula is C31H42N6O2. The molecule has 1 saturated heterocycles. The lowest BCUT2D eigenvalue weighted by Crippen LogP contribution is -2.53. The number of piperidine rings is 1. The first kappa shape index (κ1) is 27.3. The third-order valence-electron chi connectivity index (χ3n) is 8.30. The zero-order valence-electron chi connectivity index (χ0n) is 23.6. The molecule has 3 heterocycles. The van der Waals surface area contributed by atoms with Crippen molar-refractivity contribution in [2.75, 3.05) is 24.5 Å². The number of benzene rings is 2. The second-order valence-corrected chi connectivity index (χ2v) is 11.5. The molecule has 0 radical (unpaired) electrons. The number of hydrogen-bond donors (Lipinski definition) is 0. The van der Waals surface area contributed by atoms with Crippen molar-refractivity contribution in [1.82, 2.24) is 24.8 Å². The van der Waals surface area contributed by atoms with E-state index in [0.717, 1.165) is 60.9 Å². The van der Waals surface area contributed by atoms with Gasteiger partial charge in [-0.15, -0.1) is 0 Å². The van der Waals surface area contributed by atoms with Crippen molar-refractivity contribution in [2.45, 2.75) is 84.5 Å². The molecule has 2 aromatic carbocycles. The van der Waals surface area contributed by atoms with Crippen molar-refractivity contribution in [3.63, 3.8) is 0 Å². The van der Waals surface area contributed by atoms with Crippen LogP contribution < -0.4 is 4.90 Å². The van der Waals surface area contributed by atoms with E-state index in [0.29, 0.717) is 44.1 Å². The number of hydrogen-bond acceptors (Lipinski definition) is 5.